The number of carbonyl (C=O) groups excluding carboxylic acids is 4. The Labute approximate surface area is 126 Å². The van der Waals surface area contributed by atoms with Crippen LogP contribution in [0.1, 0.15) is 41.5 Å². The number of nitrogens with one attached hydrogen (secondary N) is 2. The molecule has 0 aromatic heterocycles. The minimum atomic E-state index is -0.451. The average Bonchev–Trinajstić information content (AvgIpc) is 2.43. The standard InChI is InChI=1S/C15H26N2O4/c1-8(12(5)18)10(3)14(20)16-7-17-15(21)11(4)9(2)13(6)19/h8-11H,7H2,1-6H3,(H,16,20)(H,17,21). The second kappa shape index (κ2) is 8.54. The van der Waals surface area contributed by atoms with E-state index in [-0.39, 0.29) is 41.9 Å². The highest BCUT2D eigenvalue weighted by Gasteiger charge is 2.25. The van der Waals surface area contributed by atoms with Gasteiger partial charge in [-0.3, -0.25) is 19.2 Å². The normalized spacial score (nSPS) is 16.3. The molecule has 120 valence electrons. The van der Waals surface area contributed by atoms with Crippen molar-refractivity contribution >= 4 is 23.4 Å². The van der Waals surface area contributed by atoms with Crippen LogP contribution in [0.5, 0.6) is 0 Å². The van der Waals surface area contributed by atoms with E-state index in [4.69, 9.17) is 0 Å². The molecular weight excluding hydrogens is 272 g/mol. The summed E-state index contributed by atoms with van der Waals surface area (Å²) < 4.78 is 0. The summed E-state index contributed by atoms with van der Waals surface area (Å²) in [6, 6.07) is 0. The number of amides is 2. The highest BCUT2D eigenvalue weighted by Crippen LogP contribution is 2.12. The first-order valence-corrected chi connectivity index (χ1v) is 7.15. The molecule has 0 aliphatic rings. The maximum absolute atomic E-state index is 11.8. The maximum Gasteiger partial charge on any atom is 0.224 e. The van der Waals surface area contributed by atoms with Crippen molar-refractivity contribution in [1.29, 1.82) is 0 Å². The summed E-state index contributed by atoms with van der Waals surface area (Å²) in [6.07, 6.45) is 0. The molecule has 0 aromatic carbocycles. The van der Waals surface area contributed by atoms with Crippen LogP contribution in [0.25, 0.3) is 0 Å². The molecule has 0 aliphatic heterocycles. The third-order valence-corrected chi connectivity index (χ3v) is 4.13. The molecule has 2 N–H and O–H groups in total. The van der Waals surface area contributed by atoms with Gasteiger partial charge in [-0.15, -0.1) is 0 Å². The highest BCUT2D eigenvalue weighted by atomic mass is 16.2. The lowest BCUT2D eigenvalue weighted by Gasteiger charge is -2.19. The van der Waals surface area contributed by atoms with Gasteiger partial charge in [-0.25, -0.2) is 0 Å². The third kappa shape index (κ3) is 6.06. The van der Waals surface area contributed by atoms with Gasteiger partial charge in [-0.2, -0.15) is 0 Å². The monoisotopic (exact) mass is 298 g/mol. The Morgan fingerprint density at radius 1 is 0.667 bits per heavy atom. The number of carbonyl (C=O) groups is 4. The van der Waals surface area contributed by atoms with Crippen LogP contribution >= 0.6 is 0 Å². The van der Waals surface area contributed by atoms with E-state index in [9.17, 15) is 19.2 Å². The molecular formula is C15H26N2O4. The number of hydrogen-bond donors (Lipinski definition) is 2. The third-order valence-electron chi connectivity index (χ3n) is 4.13. The summed E-state index contributed by atoms with van der Waals surface area (Å²) in [6.45, 7) is 9.61. The van der Waals surface area contributed by atoms with Crippen LogP contribution in [0.4, 0.5) is 0 Å². The van der Waals surface area contributed by atoms with Crippen molar-refractivity contribution in [3.63, 3.8) is 0 Å². The molecule has 6 heteroatoms. The van der Waals surface area contributed by atoms with Gasteiger partial charge in [0.15, 0.2) is 0 Å². The van der Waals surface area contributed by atoms with E-state index >= 15 is 0 Å². The van der Waals surface area contributed by atoms with Crippen molar-refractivity contribution in [2.75, 3.05) is 6.67 Å². The molecule has 0 spiro atoms. The molecule has 4 unspecified atom stereocenters. The van der Waals surface area contributed by atoms with Crippen LogP contribution in [0.2, 0.25) is 0 Å². The van der Waals surface area contributed by atoms with Gasteiger partial charge in [0.2, 0.25) is 11.8 Å². The molecule has 0 aromatic rings. The number of hydrogen-bond acceptors (Lipinski definition) is 4. The Hall–Kier alpha value is -1.72. The van der Waals surface area contributed by atoms with E-state index in [0.717, 1.165) is 0 Å². The van der Waals surface area contributed by atoms with Gasteiger partial charge >= 0.3 is 0 Å². The maximum atomic E-state index is 11.8. The van der Waals surface area contributed by atoms with E-state index in [1.54, 1.807) is 27.7 Å². The minimum Gasteiger partial charge on any atom is -0.338 e. The first-order chi connectivity index (χ1) is 9.59. The van der Waals surface area contributed by atoms with Crippen molar-refractivity contribution in [3.05, 3.63) is 0 Å². The second-order valence-electron chi connectivity index (χ2n) is 5.63. The summed E-state index contributed by atoms with van der Waals surface area (Å²) in [5.74, 6) is -2.30. The van der Waals surface area contributed by atoms with Crippen LogP contribution in [0.3, 0.4) is 0 Å². The number of ketones is 2. The average molecular weight is 298 g/mol. The van der Waals surface area contributed by atoms with Crippen LogP contribution < -0.4 is 10.6 Å². The zero-order valence-corrected chi connectivity index (χ0v) is 13.6. The molecule has 0 aliphatic carbocycles. The molecule has 0 fully saturated rings. The molecule has 4 atom stereocenters. The first-order valence-electron chi connectivity index (χ1n) is 7.15. The lowest BCUT2D eigenvalue weighted by atomic mass is 9.92. The number of Topliss-reactive ketones (excluding diaryl/α,β-unsaturated/α-hetero) is 2. The van der Waals surface area contributed by atoms with Gasteiger partial charge in [0, 0.05) is 23.7 Å². The second-order valence-corrected chi connectivity index (χ2v) is 5.63. The summed E-state index contributed by atoms with van der Waals surface area (Å²) in [5, 5.41) is 5.13. The molecule has 0 radical (unpaired) electrons. The van der Waals surface area contributed by atoms with Crippen molar-refractivity contribution in [3.8, 4) is 0 Å². The Morgan fingerprint density at radius 2 is 0.952 bits per heavy atom. The molecule has 2 amide bonds. The van der Waals surface area contributed by atoms with Gasteiger partial charge in [-0.05, 0) is 13.8 Å². The van der Waals surface area contributed by atoms with E-state index in [2.05, 4.69) is 10.6 Å². The predicted molar refractivity (Wildman–Crippen MR) is 79.2 cm³/mol. The fourth-order valence-corrected chi connectivity index (χ4v) is 1.70. The molecule has 0 bridgehead atoms. The SMILES string of the molecule is CC(=O)C(C)C(C)C(=O)NCNC(=O)C(C)C(C)C(C)=O. The lowest BCUT2D eigenvalue weighted by Crippen LogP contribution is -2.44. The van der Waals surface area contributed by atoms with Crippen LogP contribution in [-0.4, -0.2) is 30.0 Å². The Balaban J connectivity index is 4.26. The van der Waals surface area contributed by atoms with E-state index in [0.29, 0.717) is 0 Å². The lowest BCUT2D eigenvalue weighted by molar-refractivity contribution is -0.133. The van der Waals surface area contributed by atoms with Crippen molar-refractivity contribution in [1.82, 2.24) is 10.6 Å². The largest absolute Gasteiger partial charge is 0.338 e. The minimum absolute atomic E-state index is 0.0123. The van der Waals surface area contributed by atoms with Crippen molar-refractivity contribution in [2.24, 2.45) is 23.7 Å². The highest BCUT2D eigenvalue weighted by molar-refractivity contribution is 5.88. The molecule has 0 rings (SSSR count). The van der Waals surface area contributed by atoms with Gasteiger partial charge in [0.05, 0.1) is 6.67 Å². The smallest absolute Gasteiger partial charge is 0.224 e. The van der Waals surface area contributed by atoms with Crippen LogP contribution in [-0.2, 0) is 19.2 Å². The summed E-state index contributed by atoms with van der Waals surface area (Å²) in [4.78, 5) is 46.1. The van der Waals surface area contributed by atoms with Gasteiger partial charge in [-0.1, -0.05) is 27.7 Å². The van der Waals surface area contributed by atoms with Crippen molar-refractivity contribution < 1.29 is 19.2 Å². The summed E-state index contributed by atoms with van der Waals surface area (Å²) in [7, 11) is 0. The molecule has 0 saturated carbocycles. The first kappa shape index (κ1) is 19.3. The topological polar surface area (TPSA) is 92.3 Å². The fraction of sp³-hybridized carbons (Fsp3) is 0.733. The Morgan fingerprint density at radius 3 is 1.19 bits per heavy atom. The molecule has 0 heterocycles. The van der Waals surface area contributed by atoms with Crippen LogP contribution in [0.15, 0.2) is 0 Å². The molecule has 21 heavy (non-hydrogen) atoms. The zero-order valence-electron chi connectivity index (χ0n) is 13.6. The number of rotatable bonds is 8. The van der Waals surface area contributed by atoms with E-state index in [1.165, 1.54) is 13.8 Å². The van der Waals surface area contributed by atoms with E-state index in [1.807, 2.05) is 0 Å². The van der Waals surface area contributed by atoms with E-state index < -0.39 is 11.8 Å². The zero-order chi connectivity index (χ0) is 16.7. The van der Waals surface area contributed by atoms with Crippen LogP contribution in [0, 0.1) is 23.7 Å². The fourth-order valence-electron chi connectivity index (χ4n) is 1.70. The summed E-state index contributed by atoms with van der Waals surface area (Å²) >= 11 is 0. The predicted octanol–water partition coefficient (Wildman–Crippen LogP) is 0.899. The molecule has 6 nitrogen and oxygen atoms in total. The molecule has 0 saturated heterocycles. The Bertz CT molecular complexity index is 382. The van der Waals surface area contributed by atoms with Crippen molar-refractivity contribution in [2.45, 2.75) is 41.5 Å². The summed E-state index contributed by atoms with van der Waals surface area (Å²) in [5.41, 5.74) is 0. The van der Waals surface area contributed by atoms with Gasteiger partial charge in [0.25, 0.3) is 0 Å². The van der Waals surface area contributed by atoms with Gasteiger partial charge in [0.1, 0.15) is 11.6 Å². The quantitative estimate of drug-likeness (QED) is 0.651. The Kier molecular flexibility index (Phi) is 7.84. The van der Waals surface area contributed by atoms with Gasteiger partial charge < -0.3 is 10.6 Å².